The summed E-state index contributed by atoms with van der Waals surface area (Å²) in [5.74, 6) is 0.535. The molecular weight excluding hydrogens is 170 g/mol. The van der Waals surface area contributed by atoms with Gasteiger partial charge in [0.1, 0.15) is 0 Å². The monoisotopic (exact) mass is 181 g/mol. The van der Waals surface area contributed by atoms with Gasteiger partial charge in [-0.05, 0) is 29.7 Å². The van der Waals surface area contributed by atoms with Gasteiger partial charge in [-0.3, -0.25) is 4.98 Å². The van der Waals surface area contributed by atoms with Crippen molar-refractivity contribution in [2.45, 2.75) is 12.3 Å². The molecule has 1 aromatic heterocycles. The lowest BCUT2D eigenvalue weighted by molar-refractivity contribution is 0.686. The van der Waals surface area contributed by atoms with Gasteiger partial charge >= 0.3 is 0 Å². The van der Waals surface area contributed by atoms with Crippen molar-refractivity contribution in [3.8, 4) is 0 Å². The molecule has 0 amide bonds. The highest BCUT2D eigenvalue weighted by Gasteiger charge is 2.27. The first kappa shape index (κ1) is 7.74. The maximum absolute atomic E-state index is 4.40. The molecule has 0 saturated heterocycles. The summed E-state index contributed by atoms with van der Waals surface area (Å²) in [6.07, 6.45) is 3.02. The molecule has 0 radical (unpaired) electrons. The molecule has 1 aliphatic rings. The predicted octanol–water partition coefficient (Wildman–Crippen LogP) is 2.77. The highest BCUT2D eigenvalue weighted by atomic mass is 14.7. The lowest BCUT2D eigenvalue weighted by atomic mass is 9.76. The number of rotatable bonds is 1. The molecule has 0 N–H and O–H groups in total. The van der Waals surface area contributed by atoms with Crippen LogP contribution in [-0.4, -0.2) is 4.98 Å². The van der Waals surface area contributed by atoms with E-state index in [-0.39, 0.29) is 0 Å². The first-order chi connectivity index (χ1) is 6.95. The summed E-state index contributed by atoms with van der Waals surface area (Å²) >= 11 is 0. The van der Waals surface area contributed by atoms with E-state index < -0.39 is 0 Å². The van der Waals surface area contributed by atoms with Gasteiger partial charge in [-0.25, -0.2) is 0 Å². The Bertz CT molecular complexity index is 448. The third-order valence-corrected chi connectivity index (χ3v) is 2.90. The van der Waals surface area contributed by atoms with Gasteiger partial charge in [-0.15, -0.1) is 0 Å². The molecule has 1 aromatic carbocycles. The smallest absolute Gasteiger partial charge is 0.0481 e. The lowest BCUT2D eigenvalue weighted by Gasteiger charge is -2.29. The zero-order valence-corrected chi connectivity index (χ0v) is 7.85. The van der Waals surface area contributed by atoms with Crippen LogP contribution in [0.25, 0.3) is 0 Å². The molecule has 0 unspecified atom stereocenters. The van der Waals surface area contributed by atoms with Crippen LogP contribution in [0.1, 0.15) is 22.7 Å². The molecule has 1 atom stereocenters. The molecule has 0 aliphatic heterocycles. The van der Waals surface area contributed by atoms with Crippen molar-refractivity contribution in [1.82, 2.24) is 4.98 Å². The maximum Gasteiger partial charge on any atom is 0.0481 e. The Hall–Kier alpha value is -1.63. The molecule has 1 aliphatic carbocycles. The Labute approximate surface area is 83.4 Å². The molecule has 0 bridgehead atoms. The summed E-state index contributed by atoms with van der Waals surface area (Å²) in [6, 6.07) is 14.8. The van der Waals surface area contributed by atoms with Crippen LogP contribution >= 0.6 is 0 Å². The molecule has 1 heterocycles. The van der Waals surface area contributed by atoms with Gasteiger partial charge < -0.3 is 0 Å². The van der Waals surface area contributed by atoms with E-state index in [1.807, 2.05) is 12.3 Å². The zero-order valence-electron chi connectivity index (χ0n) is 7.85. The highest BCUT2D eigenvalue weighted by Crippen LogP contribution is 2.38. The van der Waals surface area contributed by atoms with Gasteiger partial charge in [-0.2, -0.15) is 0 Å². The Kier molecular flexibility index (Phi) is 1.63. The van der Waals surface area contributed by atoms with E-state index in [9.17, 15) is 0 Å². The van der Waals surface area contributed by atoms with Crippen LogP contribution in [0.3, 0.4) is 0 Å². The summed E-state index contributed by atoms with van der Waals surface area (Å²) in [7, 11) is 0. The topological polar surface area (TPSA) is 12.9 Å². The summed E-state index contributed by atoms with van der Waals surface area (Å²) in [6.45, 7) is 0. The second-order valence-electron chi connectivity index (χ2n) is 3.71. The van der Waals surface area contributed by atoms with Crippen LogP contribution in [0.5, 0.6) is 0 Å². The molecule has 2 aromatic rings. The maximum atomic E-state index is 4.40. The van der Waals surface area contributed by atoms with Crippen molar-refractivity contribution in [1.29, 1.82) is 0 Å². The van der Waals surface area contributed by atoms with Gasteiger partial charge in [0.05, 0.1) is 0 Å². The summed E-state index contributed by atoms with van der Waals surface area (Å²) in [4.78, 5) is 4.40. The Morgan fingerprint density at radius 1 is 1.00 bits per heavy atom. The molecule has 1 heteroatoms. The van der Waals surface area contributed by atoms with Gasteiger partial charge in [-0.1, -0.05) is 30.3 Å². The molecule has 1 nitrogen and oxygen atoms in total. The average molecular weight is 181 g/mol. The van der Waals surface area contributed by atoms with Crippen molar-refractivity contribution >= 4 is 0 Å². The second-order valence-corrected chi connectivity index (χ2v) is 3.71. The van der Waals surface area contributed by atoms with Crippen molar-refractivity contribution < 1.29 is 0 Å². The third kappa shape index (κ3) is 1.06. The van der Waals surface area contributed by atoms with Crippen molar-refractivity contribution in [3.05, 3.63) is 65.5 Å². The van der Waals surface area contributed by atoms with E-state index in [0.29, 0.717) is 5.92 Å². The fourth-order valence-corrected chi connectivity index (χ4v) is 2.10. The minimum absolute atomic E-state index is 0.535. The molecule has 0 fully saturated rings. The number of fused-ring (bicyclic) bond motifs is 1. The van der Waals surface area contributed by atoms with Crippen molar-refractivity contribution in [3.63, 3.8) is 0 Å². The van der Waals surface area contributed by atoms with E-state index in [1.165, 1.54) is 16.8 Å². The van der Waals surface area contributed by atoms with Crippen LogP contribution in [0.2, 0.25) is 0 Å². The van der Waals surface area contributed by atoms with E-state index in [0.717, 1.165) is 6.42 Å². The number of hydrogen-bond donors (Lipinski definition) is 0. The van der Waals surface area contributed by atoms with Gasteiger partial charge in [0.2, 0.25) is 0 Å². The zero-order chi connectivity index (χ0) is 9.38. The molecule has 0 spiro atoms. The summed E-state index contributed by atoms with van der Waals surface area (Å²) in [5, 5.41) is 0. The Morgan fingerprint density at radius 2 is 1.86 bits per heavy atom. The SMILES string of the molecule is c1ccc([C@@H]2Cc3ccccc32)nc1. The second kappa shape index (κ2) is 2.95. The van der Waals surface area contributed by atoms with Crippen molar-refractivity contribution in [2.75, 3.05) is 0 Å². The van der Waals surface area contributed by atoms with E-state index in [2.05, 4.69) is 41.4 Å². The van der Waals surface area contributed by atoms with E-state index in [4.69, 9.17) is 0 Å². The first-order valence-electron chi connectivity index (χ1n) is 4.94. The minimum atomic E-state index is 0.535. The lowest BCUT2D eigenvalue weighted by Crippen LogP contribution is -2.18. The highest BCUT2D eigenvalue weighted by molar-refractivity contribution is 5.45. The average Bonchev–Trinajstić information content (AvgIpc) is 2.22. The third-order valence-electron chi connectivity index (χ3n) is 2.90. The van der Waals surface area contributed by atoms with Crippen LogP contribution in [-0.2, 0) is 6.42 Å². The molecule has 14 heavy (non-hydrogen) atoms. The Balaban J connectivity index is 2.00. The minimum Gasteiger partial charge on any atom is -0.261 e. The normalized spacial score (nSPS) is 18.4. The van der Waals surface area contributed by atoms with Crippen LogP contribution < -0.4 is 0 Å². The fourth-order valence-electron chi connectivity index (χ4n) is 2.10. The molecule has 0 saturated carbocycles. The number of nitrogens with zero attached hydrogens (tertiary/aromatic N) is 1. The number of benzene rings is 1. The number of hydrogen-bond acceptors (Lipinski definition) is 1. The number of aromatic nitrogens is 1. The van der Waals surface area contributed by atoms with Gasteiger partial charge in [0.15, 0.2) is 0 Å². The summed E-state index contributed by atoms with van der Waals surface area (Å²) < 4.78 is 0. The number of pyridine rings is 1. The van der Waals surface area contributed by atoms with Gasteiger partial charge in [0, 0.05) is 17.8 Å². The first-order valence-corrected chi connectivity index (χ1v) is 4.94. The van der Waals surface area contributed by atoms with Gasteiger partial charge in [0.25, 0.3) is 0 Å². The van der Waals surface area contributed by atoms with Crippen LogP contribution in [0, 0.1) is 0 Å². The van der Waals surface area contributed by atoms with Crippen molar-refractivity contribution in [2.24, 2.45) is 0 Å². The van der Waals surface area contributed by atoms with Crippen LogP contribution in [0.4, 0.5) is 0 Å². The molecule has 68 valence electrons. The largest absolute Gasteiger partial charge is 0.261 e. The van der Waals surface area contributed by atoms with E-state index >= 15 is 0 Å². The molecular formula is C13H11N. The Morgan fingerprint density at radius 3 is 2.64 bits per heavy atom. The standard InChI is InChI=1S/C13H11N/c1-2-6-11-10(5-1)9-12(11)13-7-3-4-8-14-13/h1-8,12H,9H2/t12-/m1/s1. The quantitative estimate of drug-likeness (QED) is 0.659. The molecule has 3 rings (SSSR count). The van der Waals surface area contributed by atoms with E-state index in [1.54, 1.807) is 0 Å². The summed E-state index contributed by atoms with van der Waals surface area (Å²) in [5.41, 5.74) is 4.13. The predicted molar refractivity (Wildman–Crippen MR) is 56.2 cm³/mol. The fraction of sp³-hybridized carbons (Fsp3) is 0.154. The van der Waals surface area contributed by atoms with Crippen LogP contribution in [0.15, 0.2) is 48.7 Å².